The van der Waals surface area contributed by atoms with Crippen LogP contribution in [0.15, 0.2) is 23.2 Å². The van der Waals surface area contributed by atoms with Crippen LogP contribution in [-0.2, 0) is 0 Å². The van der Waals surface area contributed by atoms with Crippen LogP contribution < -0.4 is 0 Å². The monoisotopic (exact) mass is 274 g/mol. The molecule has 0 spiro atoms. The first kappa shape index (κ1) is 14.9. The number of nitrogens with zero attached hydrogens (tertiary/aromatic N) is 1. The second-order valence-corrected chi connectivity index (χ2v) is 6.02. The minimum absolute atomic E-state index is 0.233. The van der Waals surface area contributed by atoms with Crippen LogP contribution in [0.1, 0.15) is 50.7 Å². The maximum Gasteiger partial charge on any atom is 0.151 e. The summed E-state index contributed by atoms with van der Waals surface area (Å²) in [6.45, 7) is 6.03. The van der Waals surface area contributed by atoms with Gasteiger partial charge in [-0.2, -0.15) is 0 Å². The molecule has 0 radical (unpaired) electrons. The highest BCUT2D eigenvalue weighted by atomic mass is 19.1. The average molecular weight is 274 g/mol. The predicted octanol–water partition coefficient (Wildman–Crippen LogP) is 4.75. The molecule has 0 saturated heterocycles. The summed E-state index contributed by atoms with van der Waals surface area (Å²) >= 11 is 0. The molecule has 2 nitrogen and oxygen atoms in total. The van der Waals surface area contributed by atoms with Gasteiger partial charge in [-0.3, -0.25) is 5.41 Å². The SMILES string of the molecule is CC(=NC(=N)c1ccc(F)c(C)c1)C1CCC(C)CC1. The smallest absolute Gasteiger partial charge is 0.151 e. The Bertz CT molecular complexity index is 526. The summed E-state index contributed by atoms with van der Waals surface area (Å²) in [4.78, 5) is 4.44. The van der Waals surface area contributed by atoms with Gasteiger partial charge in [-0.05, 0) is 62.3 Å². The zero-order chi connectivity index (χ0) is 14.7. The largest absolute Gasteiger partial charge is 0.282 e. The number of rotatable bonds is 2. The minimum atomic E-state index is -0.233. The Kier molecular flexibility index (Phi) is 4.69. The molecule has 0 aromatic heterocycles. The van der Waals surface area contributed by atoms with Gasteiger partial charge in [-0.25, -0.2) is 9.38 Å². The summed E-state index contributed by atoms with van der Waals surface area (Å²) in [6.07, 6.45) is 4.85. The lowest BCUT2D eigenvalue weighted by Crippen LogP contribution is -2.19. The molecule has 0 heterocycles. The Labute approximate surface area is 120 Å². The summed E-state index contributed by atoms with van der Waals surface area (Å²) in [5, 5.41) is 8.08. The zero-order valence-electron chi connectivity index (χ0n) is 12.5. The molecule has 1 aromatic carbocycles. The Hall–Kier alpha value is -1.51. The Morgan fingerprint density at radius 3 is 2.50 bits per heavy atom. The van der Waals surface area contributed by atoms with Crippen LogP contribution in [0.25, 0.3) is 0 Å². The molecule has 0 amide bonds. The van der Waals surface area contributed by atoms with Crippen molar-refractivity contribution in [1.29, 1.82) is 5.41 Å². The van der Waals surface area contributed by atoms with Gasteiger partial charge in [0.05, 0.1) is 0 Å². The summed E-state index contributed by atoms with van der Waals surface area (Å²) in [5.74, 6) is 1.33. The summed E-state index contributed by atoms with van der Waals surface area (Å²) < 4.78 is 13.2. The molecule has 1 N–H and O–H groups in total. The van der Waals surface area contributed by atoms with Gasteiger partial charge < -0.3 is 0 Å². The van der Waals surface area contributed by atoms with Crippen molar-refractivity contribution >= 4 is 11.5 Å². The average Bonchev–Trinajstić information content (AvgIpc) is 2.42. The van der Waals surface area contributed by atoms with E-state index >= 15 is 0 Å². The Morgan fingerprint density at radius 1 is 1.25 bits per heavy atom. The highest BCUT2D eigenvalue weighted by molar-refractivity contribution is 6.05. The van der Waals surface area contributed by atoms with E-state index in [4.69, 9.17) is 5.41 Å². The van der Waals surface area contributed by atoms with Gasteiger partial charge in [0, 0.05) is 11.3 Å². The van der Waals surface area contributed by atoms with E-state index in [9.17, 15) is 4.39 Å². The van der Waals surface area contributed by atoms with Gasteiger partial charge in [0.1, 0.15) is 5.82 Å². The Morgan fingerprint density at radius 2 is 1.90 bits per heavy atom. The molecule has 2 rings (SSSR count). The highest BCUT2D eigenvalue weighted by Crippen LogP contribution is 2.29. The van der Waals surface area contributed by atoms with E-state index in [2.05, 4.69) is 11.9 Å². The number of nitrogens with one attached hydrogen (secondary N) is 1. The molecular formula is C17H23FN2. The fourth-order valence-corrected chi connectivity index (χ4v) is 2.80. The fraction of sp³-hybridized carbons (Fsp3) is 0.529. The lowest BCUT2D eigenvalue weighted by atomic mass is 9.81. The first-order valence-electron chi connectivity index (χ1n) is 7.37. The summed E-state index contributed by atoms with van der Waals surface area (Å²) in [6, 6.07) is 4.73. The van der Waals surface area contributed by atoms with Crippen molar-refractivity contribution in [3.8, 4) is 0 Å². The summed E-state index contributed by atoms with van der Waals surface area (Å²) in [5.41, 5.74) is 2.29. The molecule has 0 aliphatic heterocycles. The molecule has 3 heteroatoms. The minimum Gasteiger partial charge on any atom is -0.282 e. The predicted molar refractivity (Wildman–Crippen MR) is 82.2 cm³/mol. The van der Waals surface area contributed by atoms with Crippen LogP contribution in [0.5, 0.6) is 0 Å². The van der Waals surface area contributed by atoms with E-state index in [0.29, 0.717) is 17.0 Å². The third-order valence-corrected chi connectivity index (χ3v) is 4.33. The maximum atomic E-state index is 13.2. The van der Waals surface area contributed by atoms with Crippen LogP contribution in [-0.4, -0.2) is 11.5 Å². The first-order valence-corrected chi connectivity index (χ1v) is 7.37. The van der Waals surface area contributed by atoms with Crippen molar-refractivity contribution in [2.24, 2.45) is 16.8 Å². The van der Waals surface area contributed by atoms with Crippen molar-refractivity contribution in [2.45, 2.75) is 46.5 Å². The normalized spacial score (nSPS) is 23.7. The van der Waals surface area contributed by atoms with Crippen LogP contribution in [0.2, 0.25) is 0 Å². The fourth-order valence-electron chi connectivity index (χ4n) is 2.80. The van der Waals surface area contributed by atoms with E-state index in [1.165, 1.54) is 31.7 Å². The van der Waals surface area contributed by atoms with E-state index in [-0.39, 0.29) is 11.7 Å². The van der Waals surface area contributed by atoms with E-state index in [1.54, 1.807) is 19.1 Å². The van der Waals surface area contributed by atoms with Gasteiger partial charge in [0.2, 0.25) is 0 Å². The van der Waals surface area contributed by atoms with Crippen LogP contribution in [0.3, 0.4) is 0 Å². The van der Waals surface area contributed by atoms with Gasteiger partial charge >= 0.3 is 0 Å². The molecule has 1 fully saturated rings. The second kappa shape index (κ2) is 6.29. The lowest BCUT2D eigenvalue weighted by Gasteiger charge is -2.26. The number of halogens is 1. The van der Waals surface area contributed by atoms with E-state index in [0.717, 1.165) is 11.6 Å². The topological polar surface area (TPSA) is 36.2 Å². The van der Waals surface area contributed by atoms with E-state index in [1.807, 2.05) is 6.92 Å². The number of aryl methyl sites for hydroxylation is 1. The van der Waals surface area contributed by atoms with Gasteiger partial charge in [-0.1, -0.05) is 19.8 Å². The molecule has 108 valence electrons. The molecule has 0 bridgehead atoms. The number of aliphatic imine (C=N–C) groups is 1. The van der Waals surface area contributed by atoms with Crippen LogP contribution >= 0.6 is 0 Å². The second-order valence-electron chi connectivity index (χ2n) is 6.02. The van der Waals surface area contributed by atoms with Crippen molar-refractivity contribution in [1.82, 2.24) is 0 Å². The lowest BCUT2D eigenvalue weighted by molar-refractivity contribution is 0.343. The third kappa shape index (κ3) is 3.53. The quantitative estimate of drug-likeness (QED) is 0.597. The zero-order valence-corrected chi connectivity index (χ0v) is 12.5. The standard InChI is InChI=1S/C17H23FN2/c1-11-4-6-14(7-5-11)13(3)20-17(19)15-8-9-16(18)12(2)10-15/h8-11,14,19H,4-7H2,1-3H3. The van der Waals surface area contributed by atoms with Gasteiger partial charge in [0.15, 0.2) is 5.84 Å². The number of benzene rings is 1. The summed E-state index contributed by atoms with van der Waals surface area (Å²) in [7, 11) is 0. The van der Waals surface area contributed by atoms with Crippen molar-refractivity contribution in [3.05, 3.63) is 35.1 Å². The first-order chi connectivity index (χ1) is 9.47. The molecule has 0 atom stereocenters. The Balaban J connectivity index is 2.09. The van der Waals surface area contributed by atoms with Gasteiger partial charge in [-0.15, -0.1) is 0 Å². The van der Waals surface area contributed by atoms with Crippen molar-refractivity contribution in [2.75, 3.05) is 0 Å². The molecule has 20 heavy (non-hydrogen) atoms. The molecule has 1 aliphatic rings. The molecule has 1 saturated carbocycles. The van der Waals surface area contributed by atoms with Crippen LogP contribution in [0.4, 0.5) is 4.39 Å². The third-order valence-electron chi connectivity index (χ3n) is 4.33. The number of amidine groups is 1. The van der Waals surface area contributed by atoms with Crippen molar-refractivity contribution < 1.29 is 4.39 Å². The van der Waals surface area contributed by atoms with Crippen molar-refractivity contribution in [3.63, 3.8) is 0 Å². The molecule has 1 aliphatic carbocycles. The maximum absolute atomic E-state index is 13.2. The molecule has 1 aromatic rings. The van der Waals surface area contributed by atoms with Gasteiger partial charge in [0.25, 0.3) is 0 Å². The number of hydrogen-bond donors (Lipinski definition) is 1. The molecular weight excluding hydrogens is 251 g/mol. The highest BCUT2D eigenvalue weighted by Gasteiger charge is 2.20. The van der Waals surface area contributed by atoms with E-state index < -0.39 is 0 Å². The number of hydrogen-bond acceptors (Lipinski definition) is 1. The van der Waals surface area contributed by atoms with Crippen LogP contribution in [0, 0.1) is 30.0 Å². The molecule has 0 unspecified atom stereocenters.